The number of hydrogen-bond acceptors (Lipinski definition) is 6. The van der Waals surface area contributed by atoms with Gasteiger partial charge in [0.05, 0.1) is 14.9 Å². The minimum absolute atomic E-state index is 0.214. The van der Waals surface area contributed by atoms with Crippen molar-refractivity contribution in [1.29, 1.82) is 0 Å². The van der Waals surface area contributed by atoms with E-state index in [1.54, 1.807) is 41.3 Å². The van der Waals surface area contributed by atoms with Crippen molar-refractivity contribution in [1.82, 2.24) is 29.8 Å². The molecular weight excluding hydrogens is 668 g/mol. The van der Waals surface area contributed by atoms with Gasteiger partial charge >= 0.3 is 0 Å². The van der Waals surface area contributed by atoms with Crippen LogP contribution in [0.2, 0.25) is 0 Å². The van der Waals surface area contributed by atoms with Gasteiger partial charge in [0, 0.05) is 60.7 Å². The number of fused-ring (bicyclic) bond motifs is 2. The first-order valence-electron chi connectivity index (χ1n) is 16.5. The topological polar surface area (TPSA) is 87.1 Å². The van der Waals surface area contributed by atoms with Crippen LogP contribution in [0.15, 0.2) is 63.6 Å². The number of carbonyl (C=O) groups is 2. The van der Waals surface area contributed by atoms with E-state index in [9.17, 15) is 9.59 Å². The standard InChI is InChI=1S/C17H21N3OS.C14H18BrNOS.C3H4N2/c21-17(14-11-16(22-12-14)20-10-4-8-18-20)19-9-3-6-13-5-1-2-7-15(13)19;15-13-8-11(9-18-13)14(17)16-7-3-5-10-4-1-2-6-12(10)16;1-2-4-5-3-1/h4,8,10-13,15H,1-3,5-7,9H2;8-10,12H,1-7H2;1-3H,(H,4,5). The molecule has 45 heavy (non-hydrogen) atoms. The van der Waals surface area contributed by atoms with Crippen molar-refractivity contribution in [3.8, 4) is 5.00 Å². The van der Waals surface area contributed by atoms with Crippen LogP contribution in [0.3, 0.4) is 0 Å². The third-order valence-corrected chi connectivity index (χ3v) is 12.2. The van der Waals surface area contributed by atoms with E-state index in [4.69, 9.17) is 0 Å². The molecule has 11 heteroatoms. The normalized spacial score (nSPS) is 24.3. The van der Waals surface area contributed by atoms with Gasteiger partial charge in [-0.05, 0) is 103 Å². The maximum Gasteiger partial charge on any atom is 0.255 e. The lowest BCUT2D eigenvalue weighted by Gasteiger charge is -2.44. The highest BCUT2D eigenvalue weighted by Crippen LogP contribution is 2.37. The highest BCUT2D eigenvalue weighted by atomic mass is 79.9. The molecule has 2 saturated carbocycles. The number of carbonyl (C=O) groups excluding carboxylic acids is 2. The number of nitrogens with one attached hydrogen (secondary N) is 1. The van der Waals surface area contributed by atoms with Gasteiger partial charge in [0.15, 0.2) is 0 Å². The molecule has 2 aliphatic carbocycles. The Morgan fingerprint density at radius 2 is 1.36 bits per heavy atom. The largest absolute Gasteiger partial charge is 0.335 e. The van der Waals surface area contributed by atoms with Gasteiger partial charge in [-0.15, -0.1) is 22.7 Å². The summed E-state index contributed by atoms with van der Waals surface area (Å²) in [4.78, 5) is 29.8. The van der Waals surface area contributed by atoms with Crippen LogP contribution < -0.4 is 0 Å². The molecule has 0 aromatic carbocycles. The summed E-state index contributed by atoms with van der Waals surface area (Å²) in [6.07, 6.45) is 22.4. The Balaban J connectivity index is 0.000000139. The predicted molar refractivity (Wildman–Crippen MR) is 184 cm³/mol. The van der Waals surface area contributed by atoms with Crippen molar-refractivity contribution < 1.29 is 9.59 Å². The molecule has 0 bridgehead atoms. The van der Waals surface area contributed by atoms with Crippen LogP contribution in [0.4, 0.5) is 0 Å². The third-order valence-electron chi connectivity index (χ3n) is 9.79. The Kier molecular flexibility index (Phi) is 11.2. The van der Waals surface area contributed by atoms with Gasteiger partial charge in [-0.2, -0.15) is 10.2 Å². The minimum Gasteiger partial charge on any atom is -0.335 e. The summed E-state index contributed by atoms with van der Waals surface area (Å²) in [7, 11) is 0. The van der Waals surface area contributed by atoms with E-state index in [1.807, 2.05) is 45.9 Å². The lowest BCUT2D eigenvalue weighted by Crippen LogP contribution is -2.49. The SMILES string of the molecule is O=C(c1csc(-n2cccn2)c1)N1CCCC2CCCCC21.O=C(c1csc(Br)c1)N1CCCC2CCCCC21.c1cn[nH]c1. The second-order valence-electron chi connectivity index (χ2n) is 12.5. The highest BCUT2D eigenvalue weighted by Gasteiger charge is 2.37. The van der Waals surface area contributed by atoms with E-state index in [0.29, 0.717) is 12.1 Å². The fourth-order valence-electron chi connectivity index (χ4n) is 7.68. The van der Waals surface area contributed by atoms with Crippen LogP contribution in [-0.4, -0.2) is 66.8 Å². The average molecular weight is 712 g/mol. The van der Waals surface area contributed by atoms with Crippen LogP contribution in [0.25, 0.3) is 5.00 Å². The fraction of sp³-hybridized carbons (Fsp3) is 0.529. The predicted octanol–water partition coefficient (Wildman–Crippen LogP) is 8.44. The van der Waals surface area contributed by atoms with Gasteiger partial charge in [0.1, 0.15) is 5.00 Å². The molecule has 8 nitrogen and oxygen atoms in total. The number of rotatable bonds is 3. The number of hydrogen-bond donors (Lipinski definition) is 1. The molecule has 4 aromatic heterocycles. The summed E-state index contributed by atoms with van der Waals surface area (Å²) in [5.41, 5.74) is 1.68. The Morgan fingerprint density at radius 1 is 0.756 bits per heavy atom. The number of halogens is 1. The molecule has 2 amide bonds. The minimum atomic E-state index is 0.214. The zero-order valence-electron chi connectivity index (χ0n) is 25.7. The number of likely N-dealkylation sites (tertiary alicyclic amines) is 2. The lowest BCUT2D eigenvalue weighted by atomic mass is 9.78. The van der Waals surface area contributed by atoms with Crippen LogP contribution in [0, 0.1) is 11.8 Å². The monoisotopic (exact) mass is 710 g/mol. The maximum atomic E-state index is 12.9. The number of H-pyrrole nitrogens is 1. The molecule has 6 heterocycles. The second-order valence-corrected chi connectivity index (χ2v) is 15.7. The van der Waals surface area contributed by atoms with E-state index in [2.05, 4.69) is 41.0 Å². The van der Waals surface area contributed by atoms with Crippen LogP contribution >= 0.6 is 38.6 Å². The summed E-state index contributed by atoms with van der Waals surface area (Å²) in [6, 6.07) is 8.66. The fourth-order valence-corrected chi connectivity index (χ4v) is 9.64. The molecular formula is C34H43BrN6O2S2. The molecule has 2 aliphatic heterocycles. The molecule has 2 saturated heterocycles. The van der Waals surface area contributed by atoms with Gasteiger partial charge in [-0.25, -0.2) is 4.68 Å². The van der Waals surface area contributed by atoms with Gasteiger partial charge in [-0.1, -0.05) is 25.7 Å². The Bertz CT molecular complexity index is 1460. The van der Waals surface area contributed by atoms with Gasteiger partial charge in [-0.3, -0.25) is 14.7 Å². The zero-order valence-corrected chi connectivity index (χ0v) is 28.9. The van der Waals surface area contributed by atoms with E-state index in [0.717, 1.165) is 51.3 Å². The molecule has 240 valence electrons. The van der Waals surface area contributed by atoms with Crippen molar-refractivity contribution in [2.45, 2.75) is 89.1 Å². The number of aromatic nitrogens is 4. The summed E-state index contributed by atoms with van der Waals surface area (Å²) in [6.45, 7) is 1.88. The van der Waals surface area contributed by atoms with Crippen molar-refractivity contribution in [3.05, 3.63) is 74.7 Å². The van der Waals surface area contributed by atoms with Crippen LogP contribution in [0.1, 0.15) is 97.8 Å². The second kappa shape index (κ2) is 15.7. The summed E-state index contributed by atoms with van der Waals surface area (Å²) >= 11 is 6.62. The molecule has 4 aromatic rings. The smallest absolute Gasteiger partial charge is 0.255 e. The Labute approximate surface area is 282 Å². The Morgan fingerprint density at radius 3 is 1.87 bits per heavy atom. The van der Waals surface area contributed by atoms with Crippen molar-refractivity contribution in [2.24, 2.45) is 11.8 Å². The summed E-state index contributed by atoms with van der Waals surface area (Å²) in [5, 5.41) is 15.4. The molecule has 4 unspecified atom stereocenters. The van der Waals surface area contributed by atoms with E-state index in [1.165, 1.54) is 70.6 Å². The van der Waals surface area contributed by atoms with E-state index >= 15 is 0 Å². The van der Waals surface area contributed by atoms with Crippen LogP contribution in [-0.2, 0) is 0 Å². The van der Waals surface area contributed by atoms with Crippen molar-refractivity contribution >= 4 is 50.4 Å². The third kappa shape index (κ3) is 7.97. The zero-order chi connectivity index (χ0) is 31.0. The molecule has 4 atom stereocenters. The van der Waals surface area contributed by atoms with Crippen molar-refractivity contribution in [2.75, 3.05) is 13.1 Å². The van der Waals surface area contributed by atoms with Gasteiger partial charge < -0.3 is 9.80 Å². The summed E-state index contributed by atoms with van der Waals surface area (Å²) in [5.74, 6) is 1.95. The quantitative estimate of drug-likeness (QED) is 0.231. The molecule has 4 fully saturated rings. The first-order valence-corrected chi connectivity index (χ1v) is 19.0. The van der Waals surface area contributed by atoms with Gasteiger partial charge in [0.2, 0.25) is 0 Å². The number of nitrogens with zero attached hydrogens (tertiary/aromatic N) is 5. The van der Waals surface area contributed by atoms with E-state index < -0.39 is 0 Å². The number of aromatic amines is 1. The van der Waals surface area contributed by atoms with Gasteiger partial charge in [0.25, 0.3) is 11.8 Å². The van der Waals surface area contributed by atoms with Crippen molar-refractivity contribution in [3.63, 3.8) is 0 Å². The lowest BCUT2D eigenvalue weighted by molar-refractivity contribution is 0.0386. The number of thiophene rings is 2. The first-order chi connectivity index (χ1) is 22.1. The Hall–Kier alpha value is -2.76. The number of amides is 2. The maximum absolute atomic E-state index is 12.9. The molecule has 0 spiro atoms. The first kappa shape index (κ1) is 32.2. The average Bonchev–Trinajstić information content (AvgIpc) is 3.93. The highest BCUT2D eigenvalue weighted by molar-refractivity contribution is 9.11. The molecule has 1 N–H and O–H groups in total. The number of piperidine rings is 2. The van der Waals surface area contributed by atoms with Crippen LogP contribution in [0.5, 0.6) is 0 Å². The molecule has 4 aliphatic rings. The van der Waals surface area contributed by atoms with E-state index in [-0.39, 0.29) is 11.8 Å². The molecule has 8 rings (SSSR count). The molecule has 0 radical (unpaired) electrons. The summed E-state index contributed by atoms with van der Waals surface area (Å²) < 4.78 is 2.86.